The zero-order valence-electron chi connectivity index (χ0n) is 17.4. The maximum atomic E-state index is 11.2. The first kappa shape index (κ1) is 22.4. The van der Waals surface area contributed by atoms with Crippen LogP contribution in [0.4, 0.5) is 5.69 Å². The molecule has 2 aromatic carbocycles. The van der Waals surface area contributed by atoms with Crippen LogP contribution in [0.3, 0.4) is 0 Å². The van der Waals surface area contributed by atoms with Gasteiger partial charge in [-0.05, 0) is 48.7 Å². The summed E-state index contributed by atoms with van der Waals surface area (Å²) in [5.74, 6) is 2.22. The highest BCUT2D eigenvalue weighted by atomic mass is 35.5. The van der Waals surface area contributed by atoms with Crippen molar-refractivity contribution >= 4 is 51.8 Å². The Bertz CT molecular complexity index is 1040. The SMILES string of the molecule is CC(=O)/C=C/c1cccc(CCc2nc3cc(N(CCCl)CCCl)ccc3n2C)c1. The van der Waals surface area contributed by atoms with Crippen LogP contribution in [0.15, 0.2) is 48.5 Å². The van der Waals surface area contributed by atoms with Crippen molar-refractivity contribution in [2.45, 2.75) is 19.8 Å². The van der Waals surface area contributed by atoms with Crippen LogP contribution < -0.4 is 4.90 Å². The average Bonchev–Trinajstić information content (AvgIpc) is 3.06. The minimum Gasteiger partial charge on any atom is -0.369 e. The zero-order chi connectivity index (χ0) is 21.5. The molecule has 3 rings (SSSR count). The van der Waals surface area contributed by atoms with Gasteiger partial charge in [0.05, 0.1) is 11.0 Å². The molecule has 0 aliphatic carbocycles. The van der Waals surface area contributed by atoms with Crippen LogP contribution in [-0.4, -0.2) is 40.2 Å². The highest BCUT2D eigenvalue weighted by molar-refractivity contribution is 6.18. The van der Waals surface area contributed by atoms with Gasteiger partial charge in [0.15, 0.2) is 5.78 Å². The molecule has 1 aromatic heterocycles. The van der Waals surface area contributed by atoms with Crippen LogP contribution >= 0.6 is 23.2 Å². The smallest absolute Gasteiger partial charge is 0.152 e. The van der Waals surface area contributed by atoms with Crippen LogP contribution in [0.5, 0.6) is 0 Å². The van der Waals surface area contributed by atoms with Crippen LogP contribution in [0, 0.1) is 0 Å². The lowest BCUT2D eigenvalue weighted by molar-refractivity contribution is -0.112. The predicted molar refractivity (Wildman–Crippen MR) is 128 cm³/mol. The second-order valence-corrected chi connectivity index (χ2v) is 8.07. The summed E-state index contributed by atoms with van der Waals surface area (Å²) >= 11 is 11.9. The number of halogens is 2. The van der Waals surface area contributed by atoms with Crippen molar-refractivity contribution in [1.29, 1.82) is 0 Å². The Hall–Kier alpha value is -2.30. The van der Waals surface area contributed by atoms with E-state index >= 15 is 0 Å². The molecule has 0 amide bonds. The van der Waals surface area contributed by atoms with Crippen LogP contribution in [0.25, 0.3) is 17.1 Å². The quantitative estimate of drug-likeness (QED) is 0.317. The third-order valence-electron chi connectivity index (χ3n) is 5.13. The summed E-state index contributed by atoms with van der Waals surface area (Å²) < 4.78 is 2.16. The van der Waals surface area contributed by atoms with Crippen molar-refractivity contribution in [2.24, 2.45) is 7.05 Å². The van der Waals surface area contributed by atoms with Gasteiger partial charge in [-0.15, -0.1) is 23.2 Å². The number of fused-ring (bicyclic) bond motifs is 1. The van der Waals surface area contributed by atoms with Crippen molar-refractivity contribution in [3.63, 3.8) is 0 Å². The fraction of sp³-hybridized carbons (Fsp3) is 0.333. The number of rotatable bonds is 10. The Kier molecular flexibility index (Phi) is 7.94. The minimum absolute atomic E-state index is 0.0510. The van der Waals surface area contributed by atoms with Crippen molar-refractivity contribution in [1.82, 2.24) is 9.55 Å². The maximum absolute atomic E-state index is 11.2. The molecule has 0 aliphatic rings. The van der Waals surface area contributed by atoms with Gasteiger partial charge in [0.25, 0.3) is 0 Å². The Balaban J connectivity index is 1.77. The van der Waals surface area contributed by atoms with E-state index in [1.165, 1.54) is 5.56 Å². The summed E-state index contributed by atoms with van der Waals surface area (Å²) in [6, 6.07) is 14.6. The average molecular weight is 444 g/mol. The fourth-order valence-electron chi connectivity index (χ4n) is 3.55. The number of anilines is 1. The number of hydrogen-bond donors (Lipinski definition) is 0. The molecule has 4 nitrogen and oxygen atoms in total. The highest BCUT2D eigenvalue weighted by Crippen LogP contribution is 2.23. The number of carbonyl (C=O) groups is 1. The van der Waals surface area contributed by atoms with Gasteiger partial charge in [-0.25, -0.2) is 4.98 Å². The molecule has 3 aromatic rings. The van der Waals surface area contributed by atoms with Crippen LogP contribution in [-0.2, 0) is 24.7 Å². The van der Waals surface area contributed by atoms with E-state index in [-0.39, 0.29) is 5.78 Å². The third-order valence-corrected chi connectivity index (χ3v) is 5.47. The first-order chi connectivity index (χ1) is 14.5. The summed E-state index contributed by atoms with van der Waals surface area (Å²) in [7, 11) is 2.06. The van der Waals surface area contributed by atoms with Crippen molar-refractivity contribution in [3.8, 4) is 0 Å². The van der Waals surface area contributed by atoms with Gasteiger partial charge in [0, 0.05) is 44.0 Å². The fourth-order valence-corrected chi connectivity index (χ4v) is 3.96. The first-order valence-electron chi connectivity index (χ1n) is 10.1. The first-order valence-corrected chi connectivity index (χ1v) is 11.2. The lowest BCUT2D eigenvalue weighted by Gasteiger charge is -2.22. The van der Waals surface area contributed by atoms with E-state index in [1.807, 2.05) is 18.2 Å². The van der Waals surface area contributed by atoms with Gasteiger partial charge in [0.1, 0.15) is 5.82 Å². The number of aromatic nitrogens is 2. The number of benzene rings is 2. The van der Waals surface area contributed by atoms with E-state index in [2.05, 4.69) is 46.8 Å². The van der Waals surface area contributed by atoms with Gasteiger partial charge in [-0.1, -0.05) is 30.3 Å². The van der Waals surface area contributed by atoms with E-state index < -0.39 is 0 Å². The molecule has 0 aliphatic heterocycles. The molecule has 0 radical (unpaired) electrons. The Morgan fingerprint density at radius 3 is 2.57 bits per heavy atom. The standard InChI is InChI=1S/C24H27Cl2N3O/c1-18(30)6-7-19-4-3-5-20(16-19)8-11-24-27-22-17-21(9-10-23(22)28(24)2)29(14-12-25)15-13-26/h3-7,9-10,16-17H,8,11-15H2,1-2H3/b7-6+. The second-order valence-electron chi connectivity index (χ2n) is 7.31. The molecule has 0 unspecified atom stereocenters. The normalized spacial score (nSPS) is 11.5. The van der Waals surface area contributed by atoms with E-state index in [0.717, 1.165) is 54.0 Å². The summed E-state index contributed by atoms with van der Waals surface area (Å²) in [6.45, 7) is 3.07. The number of hydrogen-bond acceptors (Lipinski definition) is 3. The number of imidazole rings is 1. The van der Waals surface area contributed by atoms with Crippen LogP contribution in [0.1, 0.15) is 23.9 Å². The number of carbonyl (C=O) groups excluding carboxylic acids is 1. The second kappa shape index (κ2) is 10.6. The predicted octanol–water partition coefficient (Wildman–Crippen LogP) is 5.24. The molecule has 0 saturated heterocycles. The monoisotopic (exact) mass is 443 g/mol. The Morgan fingerprint density at radius 2 is 1.87 bits per heavy atom. The van der Waals surface area contributed by atoms with E-state index in [1.54, 1.807) is 13.0 Å². The molecule has 0 atom stereocenters. The Morgan fingerprint density at radius 1 is 1.10 bits per heavy atom. The Labute approximate surface area is 188 Å². The minimum atomic E-state index is 0.0510. The number of ketones is 1. The highest BCUT2D eigenvalue weighted by Gasteiger charge is 2.12. The molecule has 0 N–H and O–H groups in total. The largest absolute Gasteiger partial charge is 0.369 e. The van der Waals surface area contributed by atoms with Gasteiger partial charge in [-0.2, -0.15) is 0 Å². The summed E-state index contributed by atoms with van der Waals surface area (Å²) in [6.07, 6.45) is 5.18. The molecule has 1 heterocycles. The number of alkyl halides is 2. The lowest BCUT2D eigenvalue weighted by Crippen LogP contribution is -2.27. The lowest BCUT2D eigenvalue weighted by atomic mass is 10.1. The van der Waals surface area contributed by atoms with Crippen molar-refractivity contribution < 1.29 is 4.79 Å². The van der Waals surface area contributed by atoms with Crippen molar-refractivity contribution in [2.75, 3.05) is 29.7 Å². The molecule has 6 heteroatoms. The maximum Gasteiger partial charge on any atom is 0.152 e. The van der Waals surface area contributed by atoms with Gasteiger partial charge in [0.2, 0.25) is 0 Å². The molecule has 30 heavy (non-hydrogen) atoms. The molecule has 0 fully saturated rings. The molecule has 0 saturated carbocycles. The molecular formula is C24H27Cl2N3O. The molecular weight excluding hydrogens is 417 g/mol. The summed E-state index contributed by atoms with van der Waals surface area (Å²) in [5.41, 5.74) is 5.46. The van der Waals surface area contributed by atoms with Gasteiger partial charge in [-0.3, -0.25) is 4.79 Å². The molecule has 0 spiro atoms. The van der Waals surface area contributed by atoms with Crippen molar-refractivity contribution in [3.05, 3.63) is 65.5 Å². The zero-order valence-corrected chi connectivity index (χ0v) is 19.0. The molecule has 0 bridgehead atoms. The van der Waals surface area contributed by atoms with Crippen LogP contribution in [0.2, 0.25) is 0 Å². The summed E-state index contributed by atoms with van der Waals surface area (Å²) in [5, 5.41) is 0. The number of allylic oxidation sites excluding steroid dienone is 1. The summed E-state index contributed by atoms with van der Waals surface area (Å²) in [4.78, 5) is 18.2. The number of aryl methyl sites for hydroxylation is 3. The third kappa shape index (κ3) is 5.65. The topological polar surface area (TPSA) is 38.1 Å². The van der Waals surface area contributed by atoms with E-state index in [9.17, 15) is 4.79 Å². The molecule has 158 valence electrons. The van der Waals surface area contributed by atoms with Gasteiger partial charge < -0.3 is 9.47 Å². The van der Waals surface area contributed by atoms with E-state index in [4.69, 9.17) is 28.2 Å². The van der Waals surface area contributed by atoms with E-state index in [0.29, 0.717) is 11.8 Å². The number of nitrogens with zero attached hydrogens (tertiary/aromatic N) is 3. The van der Waals surface area contributed by atoms with Gasteiger partial charge >= 0.3 is 0 Å².